The molecule has 1 aromatic rings. The molecule has 102 valence electrons. The van der Waals surface area contributed by atoms with Crippen molar-refractivity contribution >= 4 is 5.78 Å². The van der Waals surface area contributed by atoms with Crippen molar-refractivity contribution < 1.29 is 9.90 Å². The van der Waals surface area contributed by atoms with E-state index in [4.69, 9.17) is 0 Å². The lowest BCUT2D eigenvalue weighted by molar-refractivity contribution is -0.123. The molecule has 2 fully saturated rings. The van der Waals surface area contributed by atoms with Crippen molar-refractivity contribution in [3.05, 3.63) is 29.8 Å². The number of carbonyl (C=O) groups excluding carboxylic acids is 1. The Bertz CT molecular complexity index is 467. The molecular formula is C16H21NO2. The number of hydrogen-bond donors (Lipinski definition) is 1. The average Bonchev–Trinajstić information content (AvgIpc) is 2.94. The van der Waals surface area contributed by atoms with Crippen molar-refractivity contribution in [2.75, 3.05) is 13.1 Å². The molecule has 0 radical (unpaired) electrons. The zero-order valence-corrected chi connectivity index (χ0v) is 11.3. The third-order valence-electron chi connectivity index (χ3n) is 4.73. The fraction of sp³-hybridized carbons (Fsp3) is 0.562. The second kappa shape index (κ2) is 4.97. The number of carbonyl (C=O) groups is 1. The molecule has 0 amide bonds. The minimum absolute atomic E-state index is 0.0247. The lowest BCUT2D eigenvalue weighted by Gasteiger charge is -2.45. The van der Waals surface area contributed by atoms with Crippen molar-refractivity contribution in [3.63, 3.8) is 0 Å². The predicted octanol–water partition coefficient (Wildman–Crippen LogP) is 2.83. The number of ketones is 1. The molecular weight excluding hydrogens is 238 g/mol. The summed E-state index contributed by atoms with van der Waals surface area (Å²) in [5.41, 5.74) is 1.16. The van der Waals surface area contributed by atoms with Crippen LogP contribution in [-0.2, 0) is 10.3 Å². The van der Waals surface area contributed by atoms with E-state index < -0.39 is 0 Å². The Morgan fingerprint density at radius 3 is 2.42 bits per heavy atom. The number of rotatable bonds is 2. The van der Waals surface area contributed by atoms with Gasteiger partial charge in [0.1, 0.15) is 11.5 Å². The van der Waals surface area contributed by atoms with Gasteiger partial charge in [0.05, 0.1) is 0 Å². The molecule has 1 saturated carbocycles. The molecule has 1 aromatic carbocycles. The van der Waals surface area contributed by atoms with Crippen molar-refractivity contribution in [2.45, 2.75) is 44.1 Å². The summed E-state index contributed by atoms with van der Waals surface area (Å²) in [6, 6.07) is 7.62. The monoisotopic (exact) mass is 259 g/mol. The van der Waals surface area contributed by atoms with E-state index in [0.29, 0.717) is 24.4 Å². The number of aromatic hydroxyl groups is 1. The zero-order chi connectivity index (χ0) is 13.3. The summed E-state index contributed by atoms with van der Waals surface area (Å²) >= 11 is 0. The quantitative estimate of drug-likeness (QED) is 0.888. The molecule has 0 unspecified atom stereocenters. The van der Waals surface area contributed by atoms with Gasteiger partial charge in [0.25, 0.3) is 0 Å². The number of Topliss-reactive ketones (excluding diaryl/α,β-unsaturated/α-hetero) is 1. The van der Waals surface area contributed by atoms with Crippen LogP contribution >= 0.6 is 0 Å². The first-order valence-corrected chi connectivity index (χ1v) is 7.27. The summed E-state index contributed by atoms with van der Waals surface area (Å²) in [5.74, 6) is 0.711. The summed E-state index contributed by atoms with van der Waals surface area (Å²) in [7, 11) is 0. The van der Waals surface area contributed by atoms with Gasteiger partial charge in [-0.2, -0.15) is 0 Å². The van der Waals surface area contributed by atoms with Crippen LogP contribution in [0.5, 0.6) is 5.75 Å². The van der Waals surface area contributed by atoms with Crippen LogP contribution < -0.4 is 0 Å². The first-order chi connectivity index (χ1) is 9.21. The van der Waals surface area contributed by atoms with Crippen LogP contribution in [0.2, 0.25) is 0 Å². The van der Waals surface area contributed by atoms with E-state index in [9.17, 15) is 9.90 Å². The maximum Gasteiger partial charge on any atom is 0.133 e. The summed E-state index contributed by atoms with van der Waals surface area (Å²) in [5, 5.41) is 9.77. The van der Waals surface area contributed by atoms with Gasteiger partial charge in [-0.25, -0.2) is 0 Å². The lowest BCUT2D eigenvalue weighted by Crippen LogP contribution is -2.47. The van der Waals surface area contributed by atoms with Crippen LogP contribution in [0, 0.1) is 0 Å². The Morgan fingerprint density at radius 2 is 1.79 bits per heavy atom. The smallest absolute Gasteiger partial charge is 0.133 e. The summed E-state index contributed by atoms with van der Waals surface area (Å²) in [4.78, 5) is 14.1. The molecule has 1 N–H and O–H groups in total. The van der Waals surface area contributed by atoms with Crippen LogP contribution in [-0.4, -0.2) is 28.9 Å². The van der Waals surface area contributed by atoms with Gasteiger partial charge in [-0.1, -0.05) is 12.1 Å². The molecule has 1 aliphatic carbocycles. The largest absolute Gasteiger partial charge is 0.508 e. The van der Waals surface area contributed by atoms with Gasteiger partial charge in [-0.05, 0) is 56.5 Å². The molecule has 1 saturated heterocycles. The Hall–Kier alpha value is -1.35. The fourth-order valence-electron chi connectivity index (χ4n) is 3.67. The first kappa shape index (κ1) is 12.7. The molecule has 1 heterocycles. The number of phenolic OH excluding ortho intramolecular Hbond substituents is 1. The molecule has 0 bridgehead atoms. The highest BCUT2D eigenvalue weighted by atomic mass is 16.3. The summed E-state index contributed by atoms with van der Waals surface area (Å²) in [6.45, 7) is 2.23. The predicted molar refractivity (Wildman–Crippen MR) is 74.1 cm³/mol. The molecule has 3 nitrogen and oxygen atoms in total. The Balaban J connectivity index is 1.98. The lowest BCUT2D eigenvalue weighted by atomic mass is 9.75. The summed E-state index contributed by atoms with van der Waals surface area (Å²) in [6.07, 6.45) is 5.63. The number of hydrogen-bond acceptors (Lipinski definition) is 3. The van der Waals surface area contributed by atoms with Crippen LogP contribution in [0.25, 0.3) is 0 Å². The normalized spacial score (nSPS) is 23.7. The van der Waals surface area contributed by atoms with Gasteiger partial charge in [-0.3, -0.25) is 9.69 Å². The van der Waals surface area contributed by atoms with E-state index in [2.05, 4.69) is 11.0 Å². The van der Waals surface area contributed by atoms with E-state index in [1.54, 1.807) is 6.07 Å². The van der Waals surface area contributed by atoms with E-state index >= 15 is 0 Å². The van der Waals surface area contributed by atoms with E-state index in [0.717, 1.165) is 25.9 Å². The summed E-state index contributed by atoms with van der Waals surface area (Å²) < 4.78 is 0. The zero-order valence-electron chi connectivity index (χ0n) is 11.3. The topological polar surface area (TPSA) is 40.5 Å². The number of likely N-dealkylation sites (tertiary alicyclic amines) is 1. The van der Waals surface area contributed by atoms with Gasteiger partial charge in [0.2, 0.25) is 0 Å². The third-order valence-corrected chi connectivity index (χ3v) is 4.73. The molecule has 1 aliphatic heterocycles. The van der Waals surface area contributed by atoms with Gasteiger partial charge in [0.15, 0.2) is 0 Å². The van der Waals surface area contributed by atoms with Crippen molar-refractivity contribution in [1.82, 2.24) is 4.90 Å². The molecule has 0 atom stereocenters. The van der Waals surface area contributed by atoms with Crippen LogP contribution in [0.1, 0.15) is 44.1 Å². The first-order valence-electron chi connectivity index (χ1n) is 7.27. The highest BCUT2D eigenvalue weighted by Gasteiger charge is 2.42. The minimum atomic E-state index is -0.0247. The second-order valence-electron chi connectivity index (χ2n) is 5.81. The minimum Gasteiger partial charge on any atom is -0.508 e. The second-order valence-corrected chi connectivity index (χ2v) is 5.81. The average molecular weight is 259 g/mol. The SMILES string of the molecule is O=C1CCC(c2cccc(O)c2)(N2CCCC2)CC1. The van der Waals surface area contributed by atoms with Crippen molar-refractivity contribution in [1.29, 1.82) is 0 Å². The van der Waals surface area contributed by atoms with Crippen LogP contribution in [0.15, 0.2) is 24.3 Å². The maximum absolute atomic E-state index is 11.6. The van der Waals surface area contributed by atoms with E-state index in [1.807, 2.05) is 12.1 Å². The highest BCUT2D eigenvalue weighted by Crippen LogP contribution is 2.43. The van der Waals surface area contributed by atoms with Crippen LogP contribution in [0.4, 0.5) is 0 Å². The van der Waals surface area contributed by atoms with Gasteiger partial charge >= 0.3 is 0 Å². The molecule has 2 aliphatic rings. The Morgan fingerprint density at radius 1 is 1.11 bits per heavy atom. The molecule has 3 heteroatoms. The number of nitrogens with zero attached hydrogens (tertiary/aromatic N) is 1. The Kier molecular flexibility index (Phi) is 3.31. The van der Waals surface area contributed by atoms with Crippen molar-refractivity contribution in [3.8, 4) is 5.75 Å². The number of benzene rings is 1. The van der Waals surface area contributed by atoms with Crippen molar-refractivity contribution in [2.24, 2.45) is 0 Å². The standard InChI is InChI=1S/C16H21NO2/c18-14-6-8-16(9-7-14,17-10-1-2-11-17)13-4-3-5-15(19)12-13/h3-5,12,19H,1-2,6-11H2. The molecule has 3 rings (SSSR count). The van der Waals surface area contributed by atoms with Gasteiger partial charge in [0, 0.05) is 18.4 Å². The molecule has 0 spiro atoms. The maximum atomic E-state index is 11.6. The van der Waals surface area contributed by atoms with E-state index in [-0.39, 0.29) is 5.54 Å². The van der Waals surface area contributed by atoms with Gasteiger partial charge in [-0.15, -0.1) is 0 Å². The fourth-order valence-corrected chi connectivity index (χ4v) is 3.67. The molecule has 19 heavy (non-hydrogen) atoms. The van der Waals surface area contributed by atoms with Gasteiger partial charge < -0.3 is 5.11 Å². The van der Waals surface area contributed by atoms with E-state index in [1.165, 1.54) is 18.4 Å². The number of phenols is 1. The van der Waals surface area contributed by atoms with Crippen LogP contribution in [0.3, 0.4) is 0 Å². The Labute approximate surface area is 114 Å². The molecule has 0 aromatic heterocycles. The third kappa shape index (κ3) is 2.27. The highest BCUT2D eigenvalue weighted by molar-refractivity contribution is 5.79.